The fraction of sp³-hybridized carbons (Fsp3) is 0.286. The van der Waals surface area contributed by atoms with Crippen molar-refractivity contribution >= 4 is 11.9 Å². The summed E-state index contributed by atoms with van der Waals surface area (Å²) in [4.78, 5) is 23.9. The topological polar surface area (TPSA) is 46.6 Å². The number of rotatable bonds is 3. The van der Waals surface area contributed by atoms with E-state index in [1.807, 2.05) is 30.3 Å². The quantitative estimate of drug-likeness (QED) is 0.591. The molecule has 0 N–H and O–H groups in total. The molecule has 0 fully saturated rings. The lowest BCUT2D eigenvalue weighted by Crippen LogP contribution is -2.28. The average Bonchev–Trinajstić information content (AvgIpc) is 2.42. The second-order valence-electron chi connectivity index (χ2n) is 3.67. The van der Waals surface area contributed by atoms with Gasteiger partial charge < -0.3 is 9.64 Å². The average molecular weight is 245 g/mol. The maximum absolute atomic E-state index is 11.6. The van der Waals surface area contributed by atoms with Gasteiger partial charge in [-0.15, -0.1) is 0 Å². The smallest absolute Gasteiger partial charge is 0.307 e. The number of nitrogens with zero attached hydrogens (tertiary/aromatic N) is 1. The summed E-state index contributed by atoms with van der Waals surface area (Å²) in [5, 5.41) is 0. The van der Waals surface area contributed by atoms with Crippen LogP contribution in [0.2, 0.25) is 0 Å². The van der Waals surface area contributed by atoms with Crippen LogP contribution in [0, 0.1) is 11.8 Å². The van der Waals surface area contributed by atoms with E-state index >= 15 is 0 Å². The molecule has 4 heteroatoms. The summed E-state index contributed by atoms with van der Waals surface area (Å²) >= 11 is 0. The van der Waals surface area contributed by atoms with Crippen LogP contribution in [-0.2, 0) is 14.3 Å². The van der Waals surface area contributed by atoms with Crippen molar-refractivity contribution in [2.75, 3.05) is 20.7 Å². The lowest BCUT2D eigenvalue weighted by Gasteiger charge is -2.12. The fourth-order valence-corrected chi connectivity index (χ4v) is 1.21. The van der Waals surface area contributed by atoms with Gasteiger partial charge in [0.2, 0.25) is 0 Å². The first-order chi connectivity index (χ1) is 8.63. The lowest BCUT2D eigenvalue weighted by atomic mass is 10.2. The van der Waals surface area contributed by atoms with Crippen molar-refractivity contribution in [3.63, 3.8) is 0 Å². The van der Waals surface area contributed by atoms with E-state index in [1.165, 1.54) is 12.0 Å². The Labute approximate surface area is 107 Å². The normalized spacial score (nSPS) is 9.00. The summed E-state index contributed by atoms with van der Waals surface area (Å²) in [5.41, 5.74) is 0.784. The summed E-state index contributed by atoms with van der Waals surface area (Å²) in [6, 6.07) is 9.25. The molecule has 1 amide bonds. The van der Waals surface area contributed by atoms with E-state index in [4.69, 9.17) is 0 Å². The number of ether oxygens (including phenoxy) is 1. The van der Waals surface area contributed by atoms with E-state index in [0.717, 1.165) is 5.56 Å². The molecule has 0 saturated heterocycles. The zero-order valence-corrected chi connectivity index (χ0v) is 10.5. The largest absolute Gasteiger partial charge is 0.469 e. The molecule has 0 aliphatic heterocycles. The number of hydrogen-bond donors (Lipinski definition) is 0. The van der Waals surface area contributed by atoms with Gasteiger partial charge in [-0.25, -0.2) is 0 Å². The molecule has 0 heterocycles. The Kier molecular flexibility index (Phi) is 5.46. The highest BCUT2D eigenvalue weighted by molar-refractivity contribution is 5.94. The maximum atomic E-state index is 11.6. The third-order valence-electron chi connectivity index (χ3n) is 2.31. The van der Waals surface area contributed by atoms with Gasteiger partial charge in [0.15, 0.2) is 0 Å². The van der Waals surface area contributed by atoms with Crippen molar-refractivity contribution < 1.29 is 14.3 Å². The number of hydrogen-bond acceptors (Lipinski definition) is 3. The second kappa shape index (κ2) is 7.13. The Morgan fingerprint density at radius 3 is 2.56 bits per heavy atom. The number of esters is 1. The van der Waals surface area contributed by atoms with E-state index in [9.17, 15) is 9.59 Å². The number of carbonyl (C=O) groups excluding carboxylic acids is 2. The van der Waals surface area contributed by atoms with Crippen LogP contribution in [0.15, 0.2) is 30.3 Å². The highest BCUT2D eigenvalue weighted by atomic mass is 16.5. The van der Waals surface area contributed by atoms with E-state index < -0.39 is 0 Å². The SMILES string of the molecule is COC(=O)CCN(C)C(=O)C#Cc1ccccc1. The molecule has 0 spiro atoms. The maximum Gasteiger partial charge on any atom is 0.307 e. The minimum atomic E-state index is -0.342. The van der Waals surface area contributed by atoms with E-state index in [-0.39, 0.29) is 18.3 Å². The van der Waals surface area contributed by atoms with Gasteiger partial charge in [-0.3, -0.25) is 9.59 Å². The second-order valence-corrected chi connectivity index (χ2v) is 3.67. The van der Waals surface area contributed by atoms with Crippen molar-refractivity contribution in [3.8, 4) is 11.8 Å². The molecular formula is C14H15NO3. The monoisotopic (exact) mass is 245 g/mol. The third kappa shape index (κ3) is 4.71. The first kappa shape index (κ1) is 13.8. The molecule has 0 aromatic heterocycles. The number of methoxy groups -OCH3 is 1. The molecular weight excluding hydrogens is 230 g/mol. The van der Waals surface area contributed by atoms with Gasteiger partial charge in [0.05, 0.1) is 13.5 Å². The van der Waals surface area contributed by atoms with Crippen LogP contribution in [0.3, 0.4) is 0 Å². The van der Waals surface area contributed by atoms with Crippen molar-refractivity contribution in [2.24, 2.45) is 0 Å². The van der Waals surface area contributed by atoms with Crippen molar-refractivity contribution in [1.29, 1.82) is 0 Å². The first-order valence-corrected chi connectivity index (χ1v) is 5.52. The molecule has 1 rings (SSSR count). The minimum absolute atomic E-state index is 0.172. The zero-order valence-electron chi connectivity index (χ0n) is 10.5. The Morgan fingerprint density at radius 2 is 1.94 bits per heavy atom. The molecule has 0 radical (unpaired) electrons. The standard InChI is InChI=1S/C14H15NO3/c1-15(11-10-14(17)18-2)13(16)9-8-12-6-4-3-5-7-12/h3-7H,10-11H2,1-2H3. The summed E-state index contributed by atoms with van der Waals surface area (Å²) in [6.45, 7) is 0.301. The Balaban J connectivity index is 2.50. The van der Waals surface area contributed by atoms with E-state index in [0.29, 0.717) is 6.54 Å². The van der Waals surface area contributed by atoms with Crippen molar-refractivity contribution in [3.05, 3.63) is 35.9 Å². The van der Waals surface area contributed by atoms with Crippen molar-refractivity contribution in [2.45, 2.75) is 6.42 Å². The number of amides is 1. The van der Waals surface area contributed by atoms with Crippen LogP contribution in [0.5, 0.6) is 0 Å². The van der Waals surface area contributed by atoms with E-state index in [1.54, 1.807) is 7.05 Å². The van der Waals surface area contributed by atoms with E-state index in [2.05, 4.69) is 16.6 Å². The van der Waals surface area contributed by atoms with Gasteiger partial charge in [-0.05, 0) is 12.1 Å². The molecule has 18 heavy (non-hydrogen) atoms. The van der Waals surface area contributed by atoms with Gasteiger partial charge >= 0.3 is 5.97 Å². The van der Waals surface area contributed by atoms with Crippen LogP contribution < -0.4 is 0 Å². The van der Waals surface area contributed by atoms with Crippen LogP contribution in [0.4, 0.5) is 0 Å². The fourth-order valence-electron chi connectivity index (χ4n) is 1.21. The molecule has 1 aromatic rings. The summed E-state index contributed by atoms with van der Waals surface area (Å²) in [6.07, 6.45) is 0.172. The van der Waals surface area contributed by atoms with Gasteiger partial charge in [-0.1, -0.05) is 24.1 Å². The van der Waals surface area contributed by atoms with Crippen LogP contribution in [0.1, 0.15) is 12.0 Å². The first-order valence-electron chi connectivity index (χ1n) is 5.52. The Bertz CT molecular complexity index is 471. The van der Waals surface area contributed by atoms with Gasteiger partial charge in [0.1, 0.15) is 0 Å². The molecule has 94 valence electrons. The molecule has 0 aliphatic rings. The van der Waals surface area contributed by atoms with Crippen LogP contribution >= 0.6 is 0 Å². The molecule has 0 aliphatic carbocycles. The predicted octanol–water partition coefficient (Wildman–Crippen LogP) is 1.06. The number of benzene rings is 1. The zero-order chi connectivity index (χ0) is 13.4. The van der Waals surface area contributed by atoms with Crippen LogP contribution in [-0.4, -0.2) is 37.5 Å². The molecule has 0 atom stereocenters. The predicted molar refractivity (Wildman–Crippen MR) is 67.6 cm³/mol. The highest BCUT2D eigenvalue weighted by Crippen LogP contribution is 1.95. The van der Waals surface area contributed by atoms with Crippen LogP contribution in [0.25, 0.3) is 0 Å². The van der Waals surface area contributed by atoms with Gasteiger partial charge in [0.25, 0.3) is 5.91 Å². The summed E-state index contributed by atoms with van der Waals surface area (Å²) < 4.78 is 4.50. The third-order valence-corrected chi connectivity index (χ3v) is 2.31. The lowest BCUT2D eigenvalue weighted by molar-refractivity contribution is -0.141. The molecule has 1 aromatic carbocycles. The molecule has 0 saturated carbocycles. The Hall–Kier alpha value is -2.28. The molecule has 4 nitrogen and oxygen atoms in total. The minimum Gasteiger partial charge on any atom is -0.469 e. The molecule has 0 unspecified atom stereocenters. The summed E-state index contributed by atoms with van der Waals surface area (Å²) in [5.74, 6) is 4.64. The van der Waals surface area contributed by atoms with Gasteiger partial charge in [0, 0.05) is 25.1 Å². The Morgan fingerprint density at radius 1 is 1.28 bits per heavy atom. The molecule has 0 bridgehead atoms. The van der Waals surface area contributed by atoms with Crippen molar-refractivity contribution in [1.82, 2.24) is 4.90 Å². The highest BCUT2D eigenvalue weighted by Gasteiger charge is 2.08. The van der Waals surface area contributed by atoms with Gasteiger partial charge in [-0.2, -0.15) is 0 Å². The number of carbonyl (C=O) groups is 2. The summed E-state index contributed by atoms with van der Waals surface area (Å²) in [7, 11) is 2.92.